The molecule has 9 heteroatoms. The first-order chi connectivity index (χ1) is 17.1. The van der Waals surface area contributed by atoms with E-state index < -0.39 is 0 Å². The number of carbonyl (C=O) groups excluding carboxylic acids is 1. The first kappa shape index (κ1) is 21.7. The average Bonchev–Trinajstić information content (AvgIpc) is 3.49. The number of rotatable bonds is 5. The highest BCUT2D eigenvalue weighted by molar-refractivity contribution is 5.97. The number of pyridine rings is 1. The number of nitrogens with two attached hydrogens (primary N) is 1. The van der Waals surface area contributed by atoms with Crippen LogP contribution in [0.4, 0.5) is 5.82 Å². The Balaban J connectivity index is 1.43. The van der Waals surface area contributed by atoms with Gasteiger partial charge in [-0.15, -0.1) is 0 Å². The molecule has 0 aliphatic carbocycles. The van der Waals surface area contributed by atoms with Crippen LogP contribution in [0.5, 0.6) is 0 Å². The normalized spacial score (nSPS) is 18.3. The van der Waals surface area contributed by atoms with Gasteiger partial charge in [-0.25, -0.2) is 14.5 Å². The van der Waals surface area contributed by atoms with Gasteiger partial charge in [0.05, 0.1) is 29.3 Å². The number of fused-ring (bicyclic) bond motifs is 1. The van der Waals surface area contributed by atoms with Gasteiger partial charge in [0.25, 0.3) is 5.91 Å². The van der Waals surface area contributed by atoms with Gasteiger partial charge < -0.3 is 20.3 Å². The van der Waals surface area contributed by atoms with Crippen LogP contribution in [0.3, 0.4) is 0 Å². The monoisotopic (exact) mass is 469 g/mol. The van der Waals surface area contributed by atoms with Gasteiger partial charge in [-0.1, -0.05) is 30.3 Å². The van der Waals surface area contributed by atoms with E-state index >= 15 is 0 Å². The van der Waals surface area contributed by atoms with Crippen molar-refractivity contribution in [1.29, 1.82) is 0 Å². The summed E-state index contributed by atoms with van der Waals surface area (Å²) < 4.78 is 7.18. The summed E-state index contributed by atoms with van der Waals surface area (Å²) in [7, 11) is 1.71. The first-order valence-electron chi connectivity index (χ1n) is 11.8. The van der Waals surface area contributed by atoms with Crippen molar-refractivity contribution >= 4 is 17.4 Å². The standard InChI is InChI=1S/C26H27N7O2/c1-35-20-15-32(16-20)24-12-18(26(34)31-9-7-19(27)14-31)11-23(29-24)21-13-28-33-10-8-22(30-25(21)33)17-5-3-2-4-6-17/h2-6,8,10-13,19-20H,7,9,14-16,27H2,1H3/t19-/m0/s1. The summed E-state index contributed by atoms with van der Waals surface area (Å²) in [5, 5.41) is 4.49. The number of methoxy groups -OCH3 is 1. The molecule has 2 saturated heterocycles. The predicted molar refractivity (Wildman–Crippen MR) is 133 cm³/mol. The third kappa shape index (κ3) is 4.02. The topological polar surface area (TPSA) is 102 Å². The van der Waals surface area contributed by atoms with Crippen LogP contribution < -0.4 is 10.6 Å². The van der Waals surface area contributed by atoms with E-state index in [9.17, 15) is 4.79 Å². The van der Waals surface area contributed by atoms with E-state index in [0.717, 1.165) is 42.1 Å². The van der Waals surface area contributed by atoms with Crippen LogP contribution in [-0.2, 0) is 4.74 Å². The molecular formula is C26H27N7O2. The van der Waals surface area contributed by atoms with Gasteiger partial charge >= 0.3 is 0 Å². The zero-order valence-corrected chi connectivity index (χ0v) is 19.5. The summed E-state index contributed by atoms with van der Waals surface area (Å²) in [5.74, 6) is 0.724. The third-order valence-electron chi connectivity index (χ3n) is 6.79. The predicted octanol–water partition coefficient (Wildman–Crippen LogP) is 2.47. The molecule has 0 saturated carbocycles. The van der Waals surface area contributed by atoms with Crippen LogP contribution in [0.15, 0.2) is 60.9 Å². The minimum absolute atomic E-state index is 0.0257. The van der Waals surface area contributed by atoms with Gasteiger partial charge in [-0.2, -0.15) is 5.10 Å². The van der Waals surface area contributed by atoms with Gasteiger partial charge in [0.2, 0.25) is 0 Å². The number of amides is 1. The second kappa shape index (κ2) is 8.75. The number of ether oxygens (including phenoxy) is 1. The maximum Gasteiger partial charge on any atom is 0.254 e. The zero-order valence-electron chi connectivity index (χ0n) is 19.5. The first-order valence-corrected chi connectivity index (χ1v) is 11.8. The Hall–Kier alpha value is -3.82. The third-order valence-corrected chi connectivity index (χ3v) is 6.79. The lowest BCUT2D eigenvalue weighted by atomic mass is 10.1. The fourth-order valence-electron chi connectivity index (χ4n) is 4.69. The SMILES string of the molecule is COC1CN(c2cc(C(=O)N3CC[C@H](N)C3)cc(-c3cnn4ccc(-c5ccccc5)nc34)n2)C1. The van der Waals surface area contributed by atoms with E-state index in [1.54, 1.807) is 17.8 Å². The van der Waals surface area contributed by atoms with Gasteiger partial charge in [0, 0.05) is 56.7 Å². The van der Waals surface area contributed by atoms with Gasteiger partial charge in [0.15, 0.2) is 5.65 Å². The highest BCUT2D eigenvalue weighted by Crippen LogP contribution is 2.30. The van der Waals surface area contributed by atoms with E-state index in [2.05, 4.69) is 10.00 Å². The summed E-state index contributed by atoms with van der Waals surface area (Å²) in [6.45, 7) is 2.71. The van der Waals surface area contributed by atoms with Crippen molar-refractivity contribution in [3.05, 3.63) is 66.5 Å². The number of hydrogen-bond donors (Lipinski definition) is 1. The van der Waals surface area contributed by atoms with Crippen LogP contribution in [0.1, 0.15) is 16.8 Å². The Bertz CT molecular complexity index is 1380. The summed E-state index contributed by atoms with van der Waals surface area (Å²) in [5.41, 5.74) is 10.7. The number of benzene rings is 1. The molecule has 0 unspecified atom stereocenters. The highest BCUT2D eigenvalue weighted by Gasteiger charge is 2.30. The molecule has 178 valence electrons. The van der Waals surface area contributed by atoms with Gasteiger partial charge in [-0.3, -0.25) is 4.79 Å². The fraction of sp³-hybridized carbons (Fsp3) is 0.308. The molecule has 5 heterocycles. The molecule has 0 spiro atoms. The van der Waals surface area contributed by atoms with Gasteiger partial charge in [0.1, 0.15) is 5.82 Å². The quantitative estimate of drug-likeness (QED) is 0.479. The summed E-state index contributed by atoms with van der Waals surface area (Å²) in [6.07, 6.45) is 4.65. The van der Waals surface area contributed by atoms with Crippen molar-refractivity contribution in [2.24, 2.45) is 5.73 Å². The van der Waals surface area contributed by atoms with Crippen LogP contribution in [0, 0.1) is 0 Å². The van der Waals surface area contributed by atoms with Crippen molar-refractivity contribution in [3.63, 3.8) is 0 Å². The molecule has 1 atom stereocenters. The highest BCUT2D eigenvalue weighted by atomic mass is 16.5. The van der Waals surface area contributed by atoms with E-state index in [4.69, 9.17) is 20.4 Å². The number of nitrogens with zero attached hydrogens (tertiary/aromatic N) is 6. The molecular weight excluding hydrogens is 442 g/mol. The Kier molecular flexibility index (Phi) is 5.43. The molecule has 4 aromatic rings. The molecule has 9 nitrogen and oxygen atoms in total. The van der Waals surface area contributed by atoms with E-state index in [-0.39, 0.29) is 18.1 Å². The second-order valence-corrected chi connectivity index (χ2v) is 9.17. The van der Waals surface area contributed by atoms with E-state index in [1.807, 2.05) is 59.6 Å². The van der Waals surface area contributed by atoms with E-state index in [0.29, 0.717) is 30.0 Å². The molecule has 2 N–H and O–H groups in total. The molecule has 2 aliphatic heterocycles. The number of aromatic nitrogens is 4. The summed E-state index contributed by atoms with van der Waals surface area (Å²) >= 11 is 0. The lowest BCUT2D eigenvalue weighted by Crippen LogP contribution is -2.52. The minimum atomic E-state index is -0.0268. The number of hydrogen-bond acceptors (Lipinski definition) is 7. The lowest BCUT2D eigenvalue weighted by molar-refractivity contribution is 0.0780. The Morgan fingerprint density at radius 2 is 1.89 bits per heavy atom. The summed E-state index contributed by atoms with van der Waals surface area (Å²) in [4.78, 5) is 27.1. The summed E-state index contributed by atoms with van der Waals surface area (Å²) in [6, 6.07) is 15.7. The second-order valence-electron chi connectivity index (χ2n) is 9.17. The molecule has 35 heavy (non-hydrogen) atoms. The molecule has 1 aromatic carbocycles. The van der Waals surface area contributed by atoms with Crippen molar-refractivity contribution in [2.45, 2.75) is 18.6 Å². The maximum atomic E-state index is 13.4. The molecule has 0 radical (unpaired) electrons. The van der Waals surface area contributed by atoms with Crippen LogP contribution >= 0.6 is 0 Å². The van der Waals surface area contributed by atoms with Crippen molar-refractivity contribution in [2.75, 3.05) is 38.2 Å². The van der Waals surface area contributed by atoms with Gasteiger partial charge in [-0.05, 0) is 24.6 Å². The van der Waals surface area contributed by atoms with Crippen LogP contribution in [-0.4, -0.2) is 75.8 Å². The molecule has 1 amide bonds. The molecule has 3 aromatic heterocycles. The minimum Gasteiger partial charge on any atom is -0.378 e. The number of anilines is 1. The van der Waals surface area contributed by atoms with Crippen LogP contribution in [0.25, 0.3) is 28.2 Å². The van der Waals surface area contributed by atoms with Crippen molar-refractivity contribution < 1.29 is 9.53 Å². The molecule has 6 rings (SSSR count). The van der Waals surface area contributed by atoms with E-state index in [1.165, 1.54) is 0 Å². The van der Waals surface area contributed by atoms with Crippen molar-refractivity contribution in [1.82, 2.24) is 24.5 Å². The maximum absolute atomic E-state index is 13.4. The Morgan fingerprint density at radius 3 is 2.63 bits per heavy atom. The lowest BCUT2D eigenvalue weighted by Gasteiger charge is -2.39. The average molecular weight is 470 g/mol. The number of likely N-dealkylation sites (tertiary alicyclic amines) is 1. The molecule has 2 fully saturated rings. The van der Waals surface area contributed by atoms with Crippen LogP contribution in [0.2, 0.25) is 0 Å². The largest absolute Gasteiger partial charge is 0.378 e. The number of carbonyl (C=O) groups is 1. The zero-order chi connectivity index (χ0) is 23.9. The molecule has 2 aliphatic rings. The molecule has 0 bridgehead atoms. The Labute approximate surface area is 203 Å². The fourth-order valence-corrected chi connectivity index (χ4v) is 4.69. The van der Waals surface area contributed by atoms with Crippen molar-refractivity contribution in [3.8, 4) is 22.5 Å². The Morgan fingerprint density at radius 1 is 1.06 bits per heavy atom. The smallest absolute Gasteiger partial charge is 0.254 e.